The number of aromatic nitrogens is 4. The Morgan fingerprint density at radius 2 is 1.76 bits per heavy atom. The van der Waals surface area contributed by atoms with Gasteiger partial charge >= 0.3 is 0 Å². The Morgan fingerprint density at radius 3 is 2.50 bits per heavy atom. The van der Waals surface area contributed by atoms with Crippen molar-refractivity contribution in [1.82, 2.24) is 19.7 Å². The second-order valence-electron chi connectivity index (χ2n) is 7.43. The number of nitrogens with one attached hydrogen (secondary N) is 2. The molecule has 0 saturated carbocycles. The summed E-state index contributed by atoms with van der Waals surface area (Å²) in [5.74, 6) is 0.259. The summed E-state index contributed by atoms with van der Waals surface area (Å²) in [5.41, 5.74) is 3.54. The van der Waals surface area contributed by atoms with Gasteiger partial charge in [0.05, 0.1) is 17.9 Å². The highest BCUT2D eigenvalue weighted by atomic mass is 35.5. The third kappa shape index (κ3) is 6.22. The normalized spacial score (nSPS) is 10.8. The van der Waals surface area contributed by atoms with Crippen LogP contribution in [0.1, 0.15) is 11.4 Å². The highest BCUT2D eigenvalue weighted by molar-refractivity contribution is 7.99. The van der Waals surface area contributed by atoms with E-state index in [1.165, 1.54) is 23.1 Å². The predicted octanol–water partition coefficient (Wildman–Crippen LogP) is 4.81. The number of amides is 2. The Balaban J connectivity index is 1.28. The molecule has 174 valence electrons. The zero-order chi connectivity index (χ0) is 24.1. The Labute approximate surface area is 209 Å². The van der Waals surface area contributed by atoms with E-state index in [-0.39, 0.29) is 24.0 Å². The summed E-state index contributed by atoms with van der Waals surface area (Å²) in [5, 5.41) is 17.5. The number of carbonyl (C=O) groups excluding carboxylic acids is 2. The molecule has 0 bridgehead atoms. The van der Waals surface area contributed by atoms with Gasteiger partial charge in [0.2, 0.25) is 11.8 Å². The maximum absolute atomic E-state index is 12.4. The second-order valence-corrected chi connectivity index (χ2v) is 9.67. The number of hydrogen-bond donors (Lipinski definition) is 2. The minimum atomic E-state index is -0.205. The SMILES string of the molecule is Cc1ccc(NC(=O)Cc2nnc(SCC(=O)Nc3nc(-c4ccc(Cl)cc4)cs3)n2C)cc1. The van der Waals surface area contributed by atoms with Crippen LogP contribution in [0.25, 0.3) is 11.3 Å². The molecule has 8 nitrogen and oxygen atoms in total. The van der Waals surface area contributed by atoms with E-state index in [1.807, 2.05) is 48.7 Å². The van der Waals surface area contributed by atoms with Crippen LogP contribution < -0.4 is 10.6 Å². The van der Waals surface area contributed by atoms with E-state index in [9.17, 15) is 9.59 Å². The number of carbonyl (C=O) groups is 2. The zero-order valence-corrected chi connectivity index (χ0v) is 20.8. The summed E-state index contributed by atoms with van der Waals surface area (Å²) in [4.78, 5) is 29.2. The van der Waals surface area contributed by atoms with Crippen molar-refractivity contribution in [3.63, 3.8) is 0 Å². The van der Waals surface area contributed by atoms with Gasteiger partial charge in [-0.15, -0.1) is 21.5 Å². The van der Waals surface area contributed by atoms with E-state index in [0.29, 0.717) is 21.1 Å². The summed E-state index contributed by atoms with van der Waals surface area (Å²) in [6.07, 6.45) is 0.0801. The predicted molar refractivity (Wildman–Crippen MR) is 136 cm³/mol. The molecule has 4 rings (SSSR count). The molecule has 2 aromatic carbocycles. The van der Waals surface area contributed by atoms with E-state index in [4.69, 9.17) is 11.6 Å². The largest absolute Gasteiger partial charge is 0.326 e. The van der Waals surface area contributed by atoms with Gasteiger partial charge in [0.15, 0.2) is 10.3 Å². The molecule has 0 atom stereocenters. The highest BCUT2D eigenvalue weighted by Gasteiger charge is 2.15. The average molecular weight is 513 g/mol. The molecule has 0 unspecified atom stereocenters. The number of thioether (sulfide) groups is 1. The van der Waals surface area contributed by atoms with Gasteiger partial charge in [0, 0.05) is 28.7 Å². The van der Waals surface area contributed by atoms with Crippen LogP contribution in [0.3, 0.4) is 0 Å². The van der Waals surface area contributed by atoms with Crippen LogP contribution in [0.5, 0.6) is 0 Å². The number of anilines is 2. The maximum atomic E-state index is 12.4. The van der Waals surface area contributed by atoms with Crippen LogP contribution in [0.15, 0.2) is 59.1 Å². The smallest absolute Gasteiger partial charge is 0.236 e. The summed E-state index contributed by atoms with van der Waals surface area (Å²) in [6, 6.07) is 14.9. The van der Waals surface area contributed by atoms with Crippen molar-refractivity contribution in [2.45, 2.75) is 18.5 Å². The molecule has 0 aliphatic carbocycles. The number of benzene rings is 2. The van der Waals surface area contributed by atoms with Crippen molar-refractivity contribution >= 4 is 57.3 Å². The first kappa shape index (κ1) is 23.9. The van der Waals surface area contributed by atoms with Gasteiger partial charge in [-0.2, -0.15) is 0 Å². The van der Waals surface area contributed by atoms with Gasteiger partial charge in [-0.25, -0.2) is 4.98 Å². The minimum Gasteiger partial charge on any atom is -0.326 e. The minimum absolute atomic E-state index is 0.0801. The molecule has 2 aromatic heterocycles. The summed E-state index contributed by atoms with van der Waals surface area (Å²) in [6.45, 7) is 1.99. The van der Waals surface area contributed by atoms with Crippen LogP contribution in [-0.2, 0) is 23.1 Å². The van der Waals surface area contributed by atoms with E-state index in [2.05, 4.69) is 25.8 Å². The molecular formula is C23H21ClN6O2S2. The molecule has 11 heteroatoms. The fourth-order valence-corrected chi connectivity index (χ4v) is 4.57. The van der Waals surface area contributed by atoms with Gasteiger partial charge in [-0.05, 0) is 31.2 Å². The van der Waals surface area contributed by atoms with Crippen LogP contribution in [0.4, 0.5) is 10.8 Å². The van der Waals surface area contributed by atoms with E-state index < -0.39 is 0 Å². The second kappa shape index (κ2) is 10.8. The molecule has 4 aromatic rings. The maximum Gasteiger partial charge on any atom is 0.236 e. The van der Waals surface area contributed by atoms with Crippen LogP contribution >= 0.6 is 34.7 Å². The van der Waals surface area contributed by atoms with Gasteiger partial charge < -0.3 is 15.2 Å². The van der Waals surface area contributed by atoms with Crippen molar-refractivity contribution in [3.8, 4) is 11.3 Å². The molecule has 34 heavy (non-hydrogen) atoms. The Hall–Kier alpha value is -3.21. The molecule has 0 fully saturated rings. The zero-order valence-electron chi connectivity index (χ0n) is 18.4. The van der Waals surface area contributed by atoms with Crippen molar-refractivity contribution in [2.24, 2.45) is 7.05 Å². The average Bonchev–Trinajstić information content (AvgIpc) is 3.41. The number of halogens is 1. The number of aryl methyl sites for hydroxylation is 1. The van der Waals surface area contributed by atoms with Crippen molar-refractivity contribution in [2.75, 3.05) is 16.4 Å². The lowest BCUT2D eigenvalue weighted by molar-refractivity contribution is -0.116. The third-order valence-electron chi connectivity index (χ3n) is 4.80. The molecule has 0 spiro atoms. The number of rotatable bonds is 8. The van der Waals surface area contributed by atoms with E-state index >= 15 is 0 Å². The summed E-state index contributed by atoms with van der Waals surface area (Å²) in [7, 11) is 1.77. The molecular weight excluding hydrogens is 492 g/mol. The number of thiazole rings is 1. The topological polar surface area (TPSA) is 102 Å². The molecule has 2 amide bonds. The summed E-state index contributed by atoms with van der Waals surface area (Å²) < 4.78 is 1.72. The van der Waals surface area contributed by atoms with Crippen LogP contribution in [0, 0.1) is 6.92 Å². The lowest BCUT2D eigenvalue weighted by Crippen LogP contribution is -2.17. The molecule has 2 heterocycles. The third-order valence-corrected chi connectivity index (χ3v) is 6.83. The fourth-order valence-electron chi connectivity index (χ4n) is 2.98. The molecule has 0 aliphatic rings. The van der Waals surface area contributed by atoms with Crippen LogP contribution in [-0.4, -0.2) is 37.3 Å². The molecule has 0 radical (unpaired) electrons. The van der Waals surface area contributed by atoms with Gasteiger partial charge in [0.1, 0.15) is 5.82 Å². The first-order valence-electron chi connectivity index (χ1n) is 10.3. The summed E-state index contributed by atoms with van der Waals surface area (Å²) >= 11 is 8.52. The first-order valence-corrected chi connectivity index (χ1v) is 12.5. The standard InChI is InChI=1S/C23H21ClN6O2S2/c1-14-3-9-17(10-4-14)25-20(31)11-19-28-29-23(30(19)2)34-13-21(32)27-22-26-18(12-33-22)15-5-7-16(24)8-6-15/h3-10,12H,11,13H2,1-2H3,(H,25,31)(H,26,27,32). The molecule has 0 saturated heterocycles. The van der Waals surface area contributed by atoms with Crippen molar-refractivity contribution in [1.29, 1.82) is 0 Å². The van der Waals surface area contributed by atoms with E-state index in [0.717, 1.165) is 22.5 Å². The lowest BCUT2D eigenvalue weighted by atomic mass is 10.2. The Bertz CT molecular complexity index is 1300. The molecule has 2 N–H and O–H groups in total. The first-order chi connectivity index (χ1) is 16.4. The van der Waals surface area contributed by atoms with Crippen LogP contribution in [0.2, 0.25) is 5.02 Å². The van der Waals surface area contributed by atoms with Crippen molar-refractivity contribution in [3.05, 3.63) is 70.3 Å². The van der Waals surface area contributed by atoms with Gasteiger partial charge in [0.25, 0.3) is 0 Å². The Kier molecular flexibility index (Phi) is 7.61. The van der Waals surface area contributed by atoms with Crippen molar-refractivity contribution < 1.29 is 9.59 Å². The van der Waals surface area contributed by atoms with Gasteiger partial charge in [-0.1, -0.05) is 53.2 Å². The lowest BCUT2D eigenvalue weighted by Gasteiger charge is -2.06. The van der Waals surface area contributed by atoms with Gasteiger partial charge in [-0.3, -0.25) is 9.59 Å². The quantitative estimate of drug-likeness (QED) is 0.328. The fraction of sp³-hybridized carbons (Fsp3) is 0.174. The van der Waals surface area contributed by atoms with E-state index in [1.54, 1.807) is 23.7 Å². The molecule has 0 aliphatic heterocycles. The highest BCUT2D eigenvalue weighted by Crippen LogP contribution is 2.26. The number of nitrogens with zero attached hydrogens (tertiary/aromatic N) is 4. The monoisotopic (exact) mass is 512 g/mol. The number of hydrogen-bond acceptors (Lipinski definition) is 7. The Morgan fingerprint density at radius 1 is 1.03 bits per heavy atom.